The Hall–Kier alpha value is -1.68. The van der Waals surface area contributed by atoms with Crippen LogP contribution >= 0.6 is 12.2 Å². The third kappa shape index (κ3) is 4.14. The third-order valence-corrected chi connectivity index (χ3v) is 3.50. The van der Waals surface area contributed by atoms with E-state index in [1.54, 1.807) is 0 Å². The average Bonchev–Trinajstić information content (AvgIpc) is 2.25. The van der Waals surface area contributed by atoms with Crippen LogP contribution in [-0.4, -0.2) is 22.7 Å². The molecule has 0 aromatic heterocycles. The van der Waals surface area contributed by atoms with Crippen molar-refractivity contribution in [3.63, 3.8) is 0 Å². The first-order valence-electron chi connectivity index (χ1n) is 6.73. The van der Waals surface area contributed by atoms with Crippen LogP contribution in [0.5, 0.6) is 0 Å². The Morgan fingerprint density at radius 1 is 1.38 bits per heavy atom. The van der Waals surface area contributed by atoms with Gasteiger partial charge in [-0.15, -0.1) is 0 Å². The second-order valence-corrected chi connectivity index (χ2v) is 6.49. The topological polar surface area (TPSA) is 102 Å². The number of carbonyl (C=O) groups is 2. The van der Waals surface area contributed by atoms with Gasteiger partial charge in [0.25, 0.3) is 5.79 Å². The molecule has 0 aliphatic carbocycles. The summed E-state index contributed by atoms with van der Waals surface area (Å²) in [6.45, 7) is 6.80. The molecule has 2 atom stereocenters. The normalized spacial score (nSPS) is 21.1. The van der Waals surface area contributed by atoms with Crippen molar-refractivity contribution < 1.29 is 19.1 Å². The van der Waals surface area contributed by atoms with E-state index >= 15 is 0 Å². The van der Waals surface area contributed by atoms with Gasteiger partial charge in [0.1, 0.15) is 5.92 Å². The maximum Gasteiger partial charge on any atom is 0.323 e. The number of thiocarbonyl (C=S) groups is 1. The number of hydrogen-bond donors (Lipinski definition) is 1. The Morgan fingerprint density at radius 2 is 1.86 bits per heavy atom. The van der Waals surface area contributed by atoms with Crippen molar-refractivity contribution in [1.82, 2.24) is 0 Å². The second-order valence-electron chi connectivity index (χ2n) is 6.02. The lowest BCUT2D eigenvalue weighted by Crippen LogP contribution is -2.51. The van der Waals surface area contributed by atoms with Gasteiger partial charge in [-0.2, -0.15) is 5.26 Å². The van der Waals surface area contributed by atoms with Crippen molar-refractivity contribution in [3.05, 3.63) is 0 Å². The summed E-state index contributed by atoms with van der Waals surface area (Å²) in [5.41, 5.74) is 5.58. The number of nitriles is 1. The van der Waals surface area contributed by atoms with Crippen molar-refractivity contribution in [2.75, 3.05) is 0 Å². The molecule has 0 aromatic carbocycles. The standard InChI is InChI=1S/C14H20N2O4S/c1-7(2)5-8(9(6-15)11(16)21)10-12(17)19-14(3,4)20-13(10)18/h7-10H,5H2,1-4H3,(H2,16,21). The summed E-state index contributed by atoms with van der Waals surface area (Å²) in [5.74, 6) is -5.24. The van der Waals surface area contributed by atoms with Crippen LogP contribution in [0.3, 0.4) is 0 Å². The van der Waals surface area contributed by atoms with E-state index in [2.05, 4.69) is 0 Å². The smallest absolute Gasteiger partial charge is 0.323 e. The van der Waals surface area contributed by atoms with E-state index in [-0.39, 0.29) is 10.9 Å². The molecule has 21 heavy (non-hydrogen) atoms. The maximum atomic E-state index is 12.2. The lowest BCUT2D eigenvalue weighted by Gasteiger charge is -2.37. The predicted molar refractivity (Wildman–Crippen MR) is 78.6 cm³/mol. The first-order valence-corrected chi connectivity index (χ1v) is 7.14. The van der Waals surface area contributed by atoms with Crippen LogP contribution in [0.15, 0.2) is 0 Å². The minimum atomic E-state index is -1.29. The fraction of sp³-hybridized carbons (Fsp3) is 0.714. The Balaban J connectivity index is 3.14. The summed E-state index contributed by atoms with van der Waals surface area (Å²) in [4.78, 5) is 24.3. The molecule has 0 aromatic rings. The molecule has 1 rings (SSSR count). The monoisotopic (exact) mass is 312 g/mol. The highest BCUT2D eigenvalue weighted by molar-refractivity contribution is 7.80. The zero-order valence-electron chi connectivity index (χ0n) is 12.6. The second kappa shape index (κ2) is 6.39. The van der Waals surface area contributed by atoms with Crippen LogP contribution in [0, 0.1) is 35.0 Å². The Morgan fingerprint density at radius 3 is 2.19 bits per heavy atom. The Bertz CT molecular complexity index is 476. The van der Waals surface area contributed by atoms with Gasteiger partial charge in [-0.25, -0.2) is 0 Å². The largest absolute Gasteiger partial charge is 0.422 e. The van der Waals surface area contributed by atoms with Gasteiger partial charge < -0.3 is 15.2 Å². The minimum absolute atomic E-state index is 0.0337. The van der Waals surface area contributed by atoms with Gasteiger partial charge in [0, 0.05) is 19.8 Å². The van der Waals surface area contributed by atoms with Gasteiger partial charge in [0.05, 0.1) is 11.1 Å². The van der Waals surface area contributed by atoms with Crippen LogP contribution in [0.1, 0.15) is 34.1 Å². The summed E-state index contributed by atoms with van der Waals surface area (Å²) in [5, 5.41) is 9.26. The number of nitrogens with two attached hydrogens (primary N) is 1. The molecular weight excluding hydrogens is 292 g/mol. The molecule has 7 heteroatoms. The predicted octanol–water partition coefficient (Wildman–Crippen LogP) is 1.53. The minimum Gasteiger partial charge on any atom is -0.422 e. The van der Waals surface area contributed by atoms with E-state index in [4.69, 9.17) is 27.4 Å². The van der Waals surface area contributed by atoms with Gasteiger partial charge in [-0.05, 0) is 12.3 Å². The molecule has 1 fully saturated rings. The van der Waals surface area contributed by atoms with Crippen LogP contribution < -0.4 is 5.73 Å². The number of nitrogens with zero attached hydrogens (tertiary/aromatic N) is 1. The van der Waals surface area contributed by atoms with E-state index in [1.807, 2.05) is 19.9 Å². The first-order chi connectivity index (χ1) is 9.59. The zero-order valence-corrected chi connectivity index (χ0v) is 13.4. The van der Waals surface area contributed by atoms with Crippen LogP contribution in [0.4, 0.5) is 0 Å². The van der Waals surface area contributed by atoms with Crippen molar-refractivity contribution in [1.29, 1.82) is 5.26 Å². The van der Waals surface area contributed by atoms with Gasteiger partial charge in [0.2, 0.25) is 0 Å². The maximum absolute atomic E-state index is 12.2. The number of carbonyl (C=O) groups excluding carboxylic acids is 2. The molecule has 1 saturated heterocycles. The molecule has 0 amide bonds. The van der Waals surface area contributed by atoms with Crippen LogP contribution in [-0.2, 0) is 19.1 Å². The summed E-state index contributed by atoms with van der Waals surface area (Å²) in [6, 6.07) is 1.98. The molecular formula is C14H20N2O4S. The van der Waals surface area contributed by atoms with Crippen LogP contribution in [0.25, 0.3) is 0 Å². The Labute approximate surface area is 129 Å². The SMILES string of the molecule is CC(C)CC(C(C#N)C(N)=S)C1C(=O)OC(C)(C)OC1=O. The molecule has 1 heterocycles. The quantitative estimate of drug-likeness (QED) is 0.466. The average molecular weight is 312 g/mol. The van der Waals surface area contributed by atoms with E-state index in [0.717, 1.165) is 0 Å². The number of hydrogen-bond acceptors (Lipinski definition) is 6. The van der Waals surface area contributed by atoms with Crippen molar-refractivity contribution in [3.8, 4) is 6.07 Å². The van der Waals surface area contributed by atoms with Gasteiger partial charge in [-0.3, -0.25) is 9.59 Å². The summed E-state index contributed by atoms with van der Waals surface area (Å²) in [7, 11) is 0. The first kappa shape index (κ1) is 17.4. The molecule has 0 bridgehead atoms. The van der Waals surface area contributed by atoms with Crippen molar-refractivity contribution in [2.24, 2.45) is 29.4 Å². The lowest BCUT2D eigenvalue weighted by molar-refractivity contribution is -0.243. The summed E-state index contributed by atoms with van der Waals surface area (Å²) >= 11 is 4.89. The van der Waals surface area contributed by atoms with Gasteiger partial charge in [-0.1, -0.05) is 26.1 Å². The molecule has 1 aliphatic heterocycles. The fourth-order valence-corrected chi connectivity index (χ4v) is 2.68. The highest BCUT2D eigenvalue weighted by atomic mass is 32.1. The third-order valence-electron chi connectivity index (χ3n) is 3.25. The van der Waals surface area contributed by atoms with E-state index < -0.39 is 35.5 Å². The molecule has 6 nitrogen and oxygen atoms in total. The molecule has 116 valence electrons. The molecule has 0 radical (unpaired) electrons. The highest BCUT2D eigenvalue weighted by Gasteiger charge is 2.49. The molecule has 2 unspecified atom stereocenters. The Kier molecular flexibility index (Phi) is 5.29. The number of esters is 2. The van der Waals surface area contributed by atoms with E-state index in [0.29, 0.717) is 6.42 Å². The lowest BCUT2D eigenvalue weighted by atomic mass is 9.76. The van der Waals surface area contributed by atoms with E-state index in [9.17, 15) is 14.9 Å². The van der Waals surface area contributed by atoms with Gasteiger partial charge >= 0.3 is 11.9 Å². The van der Waals surface area contributed by atoms with E-state index in [1.165, 1.54) is 13.8 Å². The number of rotatable bonds is 5. The molecule has 1 aliphatic rings. The molecule has 0 saturated carbocycles. The molecule has 0 spiro atoms. The van der Waals surface area contributed by atoms with Crippen LogP contribution in [0.2, 0.25) is 0 Å². The fourth-order valence-electron chi connectivity index (χ4n) is 2.46. The summed E-state index contributed by atoms with van der Waals surface area (Å²) in [6.07, 6.45) is 0.435. The van der Waals surface area contributed by atoms with Crippen molar-refractivity contribution >= 4 is 29.1 Å². The summed E-state index contributed by atoms with van der Waals surface area (Å²) < 4.78 is 10.2. The zero-order chi connectivity index (χ0) is 16.4. The van der Waals surface area contributed by atoms with Gasteiger partial charge in [0.15, 0.2) is 5.92 Å². The molecule has 2 N–H and O–H groups in total. The highest BCUT2D eigenvalue weighted by Crippen LogP contribution is 2.35. The number of cyclic esters (lactones) is 2. The number of ether oxygens (including phenoxy) is 2. The van der Waals surface area contributed by atoms with Crippen molar-refractivity contribution in [2.45, 2.75) is 39.9 Å².